The van der Waals surface area contributed by atoms with Crippen LogP contribution >= 0.6 is 15.9 Å². The molecule has 0 saturated carbocycles. The van der Waals surface area contributed by atoms with E-state index in [9.17, 15) is 0 Å². The van der Waals surface area contributed by atoms with Gasteiger partial charge < -0.3 is 0 Å². The molecule has 0 unspecified atom stereocenters. The van der Waals surface area contributed by atoms with Gasteiger partial charge >= 0.3 is 0 Å². The van der Waals surface area contributed by atoms with Gasteiger partial charge in [0.1, 0.15) is 0 Å². The lowest BCUT2D eigenvalue weighted by molar-refractivity contribution is 0.879. The lowest BCUT2D eigenvalue weighted by Gasteiger charge is -2.05. The van der Waals surface area contributed by atoms with Gasteiger partial charge in [0.25, 0.3) is 0 Å². The Hall–Kier alpha value is -0.960. The van der Waals surface area contributed by atoms with E-state index >= 15 is 0 Å². The van der Waals surface area contributed by atoms with Crippen molar-refractivity contribution in [2.45, 2.75) is 26.7 Å². The smallest absolute Gasteiger partial charge is 0.197 e. The number of aromatic nitrogens is 2. The van der Waals surface area contributed by atoms with Gasteiger partial charge in [-0.1, -0.05) is 25.0 Å². The minimum absolute atomic E-state index is 0.683. The first-order chi connectivity index (χ1) is 7.20. The first-order valence-corrected chi connectivity index (χ1v) is 5.93. The van der Waals surface area contributed by atoms with Gasteiger partial charge in [-0.15, -0.1) is 0 Å². The molecule has 15 heavy (non-hydrogen) atoms. The molecule has 1 aromatic carbocycles. The molecule has 0 aliphatic rings. The molecule has 0 spiro atoms. The highest BCUT2D eigenvalue weighted by Crippen LogP contribution is 2.20. The summed E-state index contributed by atoms with van der Waals surface area (Å²) in [5.41, 5.74) is 3.41. The molecule has 2 aromatic rings. The second kappa shape index (κ2) is 4.27. The Morgan fingerprint density at radius 2 is 2.07 bits per heavy atom. The number of hydrogen-bond donors (Lipinski definition) is 0. The van der Waals surface area contributed by atoms with Crippen molar-refractivity contribution < 1.29 is 0 Å². The number of aryl methyl sites for hydroxylation is 2. The van der Waals surface area contributed by atoms with Gasteiger partial charge in [0.2, 0.25) is 0 Å². The molecule has 78 valence electrons. The largest absolute Gasteiger partial charge is 0.227 e. The van der Waals surface area contributed by atoms with E-state index in [0.717, 1.165) is 24.1 Å². The average Bonchev–Trinajstić information content (AvgIpc) is 2.19. The van der Waals surface area contributed by atoms with Crippen LogP contribution in [0.4, 0.5) is 0 Å². The van der Waals surface area contributed by atoms with Gasteiger partial charge in [-0.2, -0.15) is 0 Å². The van der Waals surface area contributed by atoms with E-state index in [4.69, 9.17) is 0 Å². The molecular weight excluding hydrogens is 252 g/mol. The van der Waals surface area contributed by atoms with Crippen LogP contribution in [0.5, 0.6) is 0 Å². The lowest BCUT2D eigenvalue weighted by atomic mass is 10.1. The van der Waals surface area contributed by atoms with Crippen LogP contribution in [0.15, 0.2) is 22.9 Å². The molecule has 0 bridgehead atoms. The molecule has 0 aliphatic carbocycles. The van der Waals surface area contributed by atoms with Crippen LogP contribution in [0.25, 0.3) is 10.9 Å². The maximum absolute atomic E-state index is 4.44. The molecule has 0 aliphatic heterocycles. The summed E-state index contributed by atoms with van der Waals surface area (Å²) >= 11 is 3.35. The number of hydrogen-bond acceptors (Lipinski definition) is 2. The van der Waals surface area contributed by atoms with Crippen molar-refractivity contribution in [3.05, 3.63) is 34.2 Å². The molecule has 1 heterocycles. The van der Waals surface area contributed by atoms with Gasteiger partial charge in [-0.05, 0) is 41.4 Å². The van der Waals surface area contributed by atoms with Crippen molar-refractivity contribution in [1.82, 2.24) is 9.97 Å². The van der Waals surface area contributed by atoms with Gasteiger partial charge in [0, 0.05) is 5.39 Å². The highest BCUT2D eigenvalue weighted by molar-refractivity contribution is 9.10. The summed E-state index contributed by atoms with van der Waals surface area (Å²) in [6.07, 6.45) is 2.10. The highest BCUT2D eigenvalue weighted by Gasteiger charge is 2.05. The summed E-state index contributed by atoms with van der Waals surface area (Å²) in [5.74, 6) is 0. The van der Waals surface area contributed by atoms with Gasteiger partial charge in [-0.25, -0.2) is 9.97 Å². The Labute approximate surface area is 97.9 Å². The summed E-state index contributed by atoms with van der Waals surface area (Å²) in [5, 5.41) is 1.18. The monoisotopic (exact) mass is 264 g/mol. The predicted molar refractivity (Wildman–Crippen MR) is 66.0 cm³/mol. The molecular formula is C12H13BrN2. The number of rotatable bonds is 2. The maximum atomic E-state index is 4.44. The predicted octanol–water partition coefficient (Wildman–Crippen LogP) is 3.65. The molecule has 0 radical (unpaired) electrons. The van der Waals surface area contributed by atoms with E-state index in [0.29, 0.717) is 4.73 Å². The Morgan fingerprint density at radius 3 is 2.80 bits per heavy atom. The summed E-state index contributed by atoms with van der Waals surface area (Å²) in [6.45, 7) is 4.26. The van der Waals surface area contributed by atoms with Gasteiger partial charge in [-0.3, -0.25) is 0 Å². The van der Waals surface area contributed by atoms with E-state index < -0.39 is 0 Å². The molecule has 2 nitrogen and oxygen atoms in total. The zero-order valence-corrected chi connectivity index (χ0v) is 10.5. The molecule has 0 N–H and O–H groups in total. The van der Waals surface area contributed by atoms with Crippen LogP contribution in [0.3, 0.4) is 0 Å². The SMILES string of the molecule is CCCc1nc(Br)nc2ccc(C)cc12. The van der Waals surface area contributed by atoms with E-state index in [-0.39, 0.29) is 0 Å². The van der Waals surface area contributed by atoms with Gasteiger partial charge in [0.05, 0.1) is 11.2 Å². The lowest BCUT2D eigenvalue weighted by Crippen LogP contribution is -1.95. The fourth-order valence-corrected chi connectivity index (χ4v) is 2.11. The van der Waals surface area contributed by atoms with Crippen molar-refractivity contribution in [2.75, 3.05) is 0 Å². The zero-order valence-electron chi connectivity index (χ0n) is 8.92. The first-order valence-electron chi connectivity index (χ1n) is 5.13. The second-order valence-electron chi connectivity index (χ2n) is 3.71. The molecule has 0 atom stereocenters. The Kier molecular flexibility index (Phi) is 3.00. The maximum Gasteiger partial charge on any atom is 0.197 e. The minimum atomic E-state index is 0.683. The van der Waals surface area contributed by atoms with E-state index in [1.807, 2.05) is 0 Å². The van der Waals surface area contributed by atoms with Crippen LogP contribution < -0.4 is 0 Å². The summed E-state index contributed by atoms with van der Waals surface area (Å²) < 4.78 is 0.683. The van der Waals surface area contributed by atoms with Gasteiger partial charge in [0.15, 0.2) is 4.73 Å². The molecule has 3 heteroatoms. The summed E-state index contributed by atoms with van der Waals surface area (Å²) in [7, 11) is 0. The summed E-state index contributed by atoms with van der Waals surface area (Å²) in [6, 6.07) is 6.29. The number of benzene rings is 1. The summed E-state index contributed by atoms with van der Waals surface area (Å²) in [4.78, 5) is 8.80. The van der Waals surface area contributed by atoms with Crippen molar-refractivity contribution in [3.8, 4) is 0 Å². The third-order valence-corrected chi connectivity index (χ3v) is 2.74. The van der Waals surface area contributed by atoms with E-state index in [1.165, 1.54) is 10.9 Å². The number of fused-ring (bicyclic) bond motifs is 1. The van der Waals surface area contributed by atoms with E-state index in [1.54, 1.807) is 0 Å². The fraction of sp³-hybridized carbons (Fsp3) is 0.333. The Bertz CT molecular complexity index is 494. The quantitative estimate of drug-likeness (QED) is 0.774. The fourth-order valence-electron chi connectivity index (χ4n) is 1.70. The molecule has 0 saturated heterocycles. The van der Waals surface area contributed by atoms with Crippen molar-refractivity contribution in [2.24, 2.45) is 0 Å². The second-order valence-corrected chi connectivity index (χ2v) is 4.42. The highest BCUT2D eigenvalue weighted by atomic mass is 79.9. The minimum Gasteiger partial charge on any atom is -0.227 e. The van der Waals surface area contributed by atoms with Crippen LogP contribution in [-0.4, -0.2) is 9.97 Å². The number of halogens is 1. The molecule has 1 aromatic heterocycles. The molecule has 2 rings (SSSR count). The Morgan fingerprint density at radius 1 is 1.27 bits per heavy atom. The van der Waals surface area contributed by atoms with Crippen molar-refractivity contribution in [3.63, 3.8) is 0 Å². The Balaban J connectivity index is 2.70. The van der Waals surface area contributed by atoms with Crippen LogP contribution in [0.1, 0.15) is 24.6 Å². The number of nitrogens with zero attached hydrogens (tertiary/aromatic N) is 2. The standard InChI is InChI=1S/C12H13BrN2/c1-3-4-10-9-7-8(2)5-6-11(9)15-12(13)14-10/h5-7H,3-4H2,1-2H3. The van der Waals surface area contributed by atoms with Crippen molar-refractivity contribution in [1.29, 1.82) is 0 Å². The topological polar surface area (TPSA) is 25.8 Å². The molecule has 0 amide bonds. The van der Waals surface area contributed by atoms with Crippen LogP contribution in [-0.2, 0) is 6.42 Å². The normalized spacial score (nSPS) is 10.9. The van der Waals surface area contributed by atoms with E-state index in [2.05, 4.69) is 57.9 Å². The zero-order chi connectivity index (χ0) is 10.8. The van der Waals surface area contributed by atoms with Crippen molar-refractivity contribution >= 4 is 26.8 Å². The third kappa shape index (κ3) is 2.17. The third-order valence-electron chi connectivity index (χ3n) is 2.39. The average molecular weight is 265 g/mol. The first kappa shape index (κ1) is 10.6. The molecule has 0 fully saturated rings. The van der Waals surface area contributed by atoms with Crippen LogP contribution in [0.2, 0.25) is 0 Å². The van der Waals surface area contributed by atoms with Crippen LogP contribution in [0, 0.1) is 6.92 Å².